The molecule has 0 aromatic carbocycles. The molecule has 3 nitrogen and oxygen atoms in total. The lowest BCUT2D eigenvalue weighted by Crippen LogP contribution is -2.25. The smallest absolute Gasteiger partial charge is 0.222 e. The molecule has 0 spiro atoms. The molecule has 0 aromatic rings. The van der Waals surface area contributed by atoms with Gasteiger partial charge in [0.15, 0.2) is 0 Å². The van der Waals surface area contributed by atoms with Crippen molar-refractivity contribution in [2.75, 3.05) is 13.1 Å². The van der Waals surface area contributed by atoms with Crippen molar-refractivity contribution >= 4 is 5.91 Å². The standard InChI is InChI=1S/C11H21NO.H3N/c1-2-3-4-5-6-9-12-10-7-8-11(12)13;/h2-10H2,1H3;1H3. The van der Waals surface area contributed by atoms with Gasteiger partial charge < -0.3 is 11.1 Å². The summed E-state index contributed by atoms with van der Waals surface area (Å²) in [7, 11) is 0. The fourth-order valence-electron chi connectivity index (χ4n) is 1.85. The van der Waals surface area contributed by atoms with Gasteiger partial charge in [-0.25, -0.2) is 0 Å². The van der Waals surface area contributed by atoms with Crippen molar-refractivity contribution in [2.24, 2.45) is 0 Å². The second-order valence-electron chi connectivity index (χ2n) is 3.90. The van der Waals surface area contributed by atoms with Gasteiger partial charge >= 0.3 is 0 Å². The van der Waals surface area contributed by atoms with Crippen LogP contribution in [0.1, 0.15) is 51.9 Å². The average molecular weight is 200 g/mol. The van der Waals surface area contributed by atoms with Crippen LogP contribution in [-0.2, 0) is 4.79 Å². The number of hydrogen-bond acceptors (Lipinski definition) is 2. The SMILES string of the molecule is CCCCCCCN1CCCC1=O.N. The van der Waals surface area contributed by atoms with E-state index < -0.39 is 0 Å². The molecule has 0 bridgehead atoms. The zero-order chi connectivity index (χ0) is 9.52. The third-order valence-corrected chi connectivity index (χ3v) is 2.70. The summed E-state index contributed by atoms with van der Waals surface area (Å²) in [6.07, 6.45) is 8.32. The van der Waals surface area contributed by atoms with Crippen LogP contribution in [0.25, 0.3) is 0 Å². The van der Waals surface area contributed by atoms with Gasteiger partial charge in [0, 0.05) is 19.5 Å². The quantitative estimate of drug-likeness (QED) is 0.670. The first kappa shape index (κ1) is 13.4. The molecule has 1 aliphatic heterocycles. The molecule has 3 N–H and O–H groups in total. The highest BCUT2D eigenvalue weighted by Crippen LogP contribution is 2.11. The van der Waals surface area contributed by atoms with Gasteiger partial charge in [-0.3, -0.25) is 4.79 Å². The van der Waals surface area contributed by atoms with Gasteiger partial charge in [-0.15, -0.1) is 0 Å². The molecule has 1 amide bonds. The van der Waals surface area contributed by atoms with Crippen molar-refractivity contribution in [3.05, 3.63) is 0 Å². The minimum absolute atomic E-state index is 0. The Balaban J connectivity index is 0.00000169. The van der Waals surface area contributed by atoms with Crippen LogP contribution in [0, 0.1) is 0 Å². The van der Waals surface area contributed by atoms with Crippen molar-refractivity contribution in [3.63, 3.8) is 0 Å². The van der Waals surface area contributed by atoms with Crippen LogP contribution >= 0.6 is 0 Å². The zero-order valence-electron chi connectivity index (χ0n) is 9.43. The molecule has 3 heteroatoms. The molecule has 0 aromatic heterocycles. The largest absolute Gasteiger partial charge is 0.344 e. The lowest BCUT2D eigenvalue weighted by atomic mass is 10.1. The van der Waals surface area contributed by atoms with Crippen molar-refractivity contribution in [2.45, 2.75) is 51.9 Å². The molecule has 84 valence electrons. The Morgan fingerprint density at radius 3 is 2.50 bits per heavy atom. The number of unbranched alkanes of at least 4 members (excludes halogenated alkanes) is 4. The van der Waals surface area contributed by atoms with E-state index in [1.54, 1.807) is 0 Å². The Morgan fingerprint density at radius 1 is 1.21 bits per heavy atom. The summed E-state index contributed by atoms with van der Waals surface area (Å²) in [6, 6.07) is 0. The summed E-state index contributed by atoms with van der Waals surface area (Å²) in [5.41, 5.74) is 0. The van der Waals surface area contributed by atoms with Gasteiger partial charge in [0.1, 0.15) is 0 Å². The number of amides is 1. The van der Waals surface area contributed by atoms with Crippen molar-refractivity contribution in [1.82, 2.24) is 11.1 Å². The summed E-state index contributed by atoms with van der Waals surface area (Å²) in [5.74, 6) is 0.371. The molecule has 0 radical (unpaired) electrons. The Morgan fingerprint density at radius 2 is 1.93 bits per heavy atom. The molecule has 0 unspecified atom stereocenters. The van der Waals surface area contributed by atoms with Gasteiger partial charge in [0.25, 0.3) is 0 Å². The molecule has 1 aliphatic rings. The van der Waals surface area contributed by atoms with Gasteiger partial charge in [0.2, 0.25) is 5.91 Å². The second-order valence-corrected chi connectivity index (χ2v) is 3.90. The molecule has 0 aliphatic carbocycles. The first-order chi connectivity index (χ1) is 6.34. The number of rotatable bonds is 6. The number of nitrogens with zero attached hydrogens (tertiary/aromatic N) is 1. The minimum Gasteiger partial charge on any atom is -0.344 e. The van der Waals surface area contributed by atoms with E-state index in [2.05, 4.69) is 6.92 Å². The van der Waals surface area contributed by atoms with Crippen LogP contribution in [-0.4, -0.2) is 23.9 Å². The number of likely N-dealkylation sites (tertiary alicyclic amines) is 1. The predicted octanol–water partition coefficient (Wildman–Crippen LogP) is 2.74. The van der Waals surface area contributed by atoms with Crippen LogP contribution in [0.3, 0.4) is 0 Å². The molecular formula is C11H24N2O. The Hall–Kier alpha value is -0.570. The van der Waals surface area contributed by atoms with E-state index in [4.69, 9.17) is 0 Å². The number of hydrogen-bond donors (Lipinski definition) is 1. The maximum Gasteiger partial charge on any atom is 0.222 e. The maximum atomic E-state index is 11.2. The highest BCUT2D eigenvalue weighted by atomic mass is 16.2. The highest BCUT2D eigenvalue weighted by molar-refractivity contribution is 5.77. The molecule has 0 saturated carbocycles. The van der Waals surface area contributed by atoms with E-state index >= 15 is 0 Å². The van der Waals surface area contributed by atoms with Crippen molar-refractivity contribution in [1.29, 1.82) is 0 Å². The first-order valence-corrected chi connectivity index (χ1v) is 5.62. The zero-order valence-corrected chi connectivity index (χ0v) is 9.43. The van der Waals surface area contributed by atoms with Crippen LogP contribution in [0.15, 0.2) is 0 Å². The van der Waals surface area contributed by atoms with Crippen molar-refractivity contribution in [3.8, 4) is 0 Å². The van der Waals surface area contributed by atoms with E-state index in [1.807, 2.05) is 4.90 Å². The summed E-state index contributed by atoms with van der Waals surface area (Å²) < 4.78 is 0. The van der Waals surface area contributed by atoms with E-state index in [0.717, 1.165) is 25.9 Å². The lowest BCUT2D eigenvalue weighted by Gasteiger charge is -2.14. The van der Waals surface area contributed by atoms with Crippen LogP contribution in [0.2, 0.25) is 0 Å². The monoisotopic (exact) mass is 200 g/mol. The van der Waals surface area contributed by atoms with Gasteiger partial charge in [-0.05, 0) is 12.8 Å². The molecule has 1 heterocycles. The minimum atomic E-state index is 0. The summed E-state index contributed by atoms with van der Waals surface area (Å²) in [6.45, 7) is 4.24. The fourth-order valence-corrected chi connectivity index (χ4v) is 1.85. The maximum absolute atomic E-state index is 11.2. The van der Waals surface area contributed by atoms with E-state index in [0.29, 0.717) is 5.91 Å². The first-order valence-electron chi connectivity index (χ1n) is 5.62. The summed E-state index contributed by atoms with van der Waals surface area (Å²) in [5, 5.41) is 0. The fraction of sp³-hybridized carbons (Fsp3) is 0.909. The topological polar surface area (TPSA) is 55.3 Å². The Labute approximate surface area is 87.4 Å². The van der Waals surface area contributed by atoms with Crippen molar-refractivity contribution < 1.29 is 4.79 Å². The molecule has 1 fully saturated rings. The van der Waals surface area contributed by atoms with Crippen LogP contribution in [0.5, 0.6) is 0 Å². The molecule has 1 rings (SSSR count). The predicted molar refractivity (Wildman–Crippen MR) is 59.6 cm³/mol. The third-order valence-electron chi connectivity index (χ3n) is 2.70. The summed E-state index contributed by atoms with van der Waals surface area (Å²) in [4.78, 5) is 13.2. The second kappa shape index (κ2) is 7.80. The number of carbonyl (C=O) groups is 1. The van der Waals surface area contributed by atoms with Gasteiger partial charge in [-0.2, -0.15) is 0 Å². The van der Waals surface area contributed by atoms with Gasteiger partial charge in [-0.1, -0.05) is 32.6 Å². The average Bonchev–Trinajstić information content (AvgIpc) is 2.52. The lowest BCUT2D eigenvalue weighted by molar-refractivity contribution is -0.127. The van der Waals surface area contributed by atoms with Crippen LogP contribution < -0.4 is 6.15 Å². The van der Waals surface area contributed by atoms with E-state index in [1.165, 1.54) is 32.1 Å². The summed E-state index contributed by atoms with van der Waals surface area (Å²) >= 11 is 0. The molecule has 0 atom stereocenters. The molecule has 1 saturated heterocycles. The van der Waals surface area contributed by atoms with Crippen LogP contribution in [0.4, 0.5) is 0 Å². The highest BCUT2D eigenvalue weighted by Gasteiger charge is 2.18. The van der Waals surface area contributed by atoms with E-state index in [9.17, 15) is 4.79 Å². The number of carbonyl (C=O) groups excluding carboxylic acids is 1. The Kier molecular flexibility index (Phi) is 7.48. The molecule has 14 heavy (non-hydrogen) atoms. The third kappa shape index (κ3) is 4.61. The van der Waals surface area contributed by atoms with Gasteiger partial charge in [0.05, 0.1) is 0 Å². The molecular weight excluding hydrogens is 176 g/mol. The normalized spacial score (nSPS) is 15.8. The Bertz CT molecular complexity index is 159. The van der Waals surface area contributed by atoms with E-state index in [-0.39, 0.29) is 6.15 Å².